The van der Waals surface area contributed by atoms with E-state index >= 15 is 0 Å². The minimum atomic E-state index is -0.509. The average Bonchev–Trinajstić information content (AvgIpc) is 3.01. The molecule has 0 bridgehead atoms. The van der Waals surface area contributed by atoms with Crippen LogP contribution in [-0.2, 0) is 0 Å². The summed E-state index contributed by atoms with van der Waals surface area (Å²) in [5, 5.41) is 19.0. The second-order valence-corrected chi connectivity index (χ2v) is 4.24. The fourth-order valence-electron chi connectivity index (χ4n) is 1.96. The Balaban J connectivity index is 1.96. The van der Waals surface area contributed by atoms with Gasteiger partial charge in [-0.15, -0.1) is 0 Å². The molecule has 1 aromatic heterocycles. The average molecular weight is 264 g/mol. The van der Waals surface area contributed by atoms with Crippen LogP contribution in [0.25, 0.3) is 22.4 Å². The van der Waals surface area contributed by atoms with Gasteiger partial charge in [-0.05, 0) is 23.3 Å². The molecule has 4 nitrogen and oxygen atoms in total. The normalized spacial score (nSPS) is 10.2. The maximum absolute atomic E-state index is 13.6. The minimum Gasteiger partial charge on any atom is -0.206 e. The summed E-state index contributed by atoms with van der Waals surface area (Å²) in [5.41, 5.74) is 3.33. The Kier molecular flexibility index (Phi) is 2.98. The number of nitrogens with one attached hydrogen (secondary N) is 1. The quantitative estimate of drug-likeness (QED) is 0.773. The summed E-state index contributed by atoms with van der Waals surface area (Å²) in [7, 11) is 0. The summed E-state index contributed by atoms with van der Waals surface area (Å²) in [6.07, 6.45) is 1.64. The van der Waals surface area contributed by atoms with Crippen molar-refractivity contribution in [3.05, 3.63) is 60.0 Å². The van der Waals surface area contributed by atoms with Gasteiger partial charge in [-0.2, -0.15) is 20.7 Å². The summed E-state index contributed by atoms with van der Waals surface area (Å²) < 4.78 is 13.6. The SMILES string of the molecule is N#Cc1ccc(-c2ccc(-c3cn[nH]n3)cc2)cc1F. The van der Waals surface area contributed by atoms with Crippen LogP contribution in [0.4, 0.5) is 4.39 Å². The highest BCUT2D eigenvalue weighted by atomic mass is 19.1. The summed E-state index contributed by atoms with van der Waals surface area (Å²) in [5.74, 6) is -0.509. The third kappa shape index (κ3) is 2.15. The molecule has 0 unspecified atom stereocenters. The lowest BCUT2D eigenvalue weighted by molar-refractivity contribution is 0.624. The highest BCUT2D eigenvalue weighted by Crippen LogP contribution is 2.24. The number of hydrogen-bond donors (Lipinski definition) is 1. The molecule has 0 saturated carbocycles. The van der Waals surface area contributed by atoms with Crippen LogP contribution in [0.2, 0.25) is 0 Å². The molecule has 0 aliphatic heterocycles. The fourth-order valence-corrected chi connectivity index (χ4v) is 1.96. The van der Waals surface area contributed by atoms with Crippen molar-refractivity contribution < 1.29 is 4.39 Å². The van der Waals surface area contributed by atoms with Gasteiger partial charge in [-0.1, -0.05) is 30.3 Å². The number of benzene rings is 2. The monoisotopic (exact) mass is 264 g/mol. The molecule has 96 valence electrons. The molecule has 0 atom stereocenters. The van der Waals surface area contributed by atoms with Crippen molar-refractivity contribution >= 4 is 0 Å². The standard InChI is InChI=1S/C15H9FN4/c16-14-7-12(5-6-13(14)8-17)10-1-3-11(4-2-10)15-9-18-20-19-15/h1-7,9H,(H,18,19,20). The predicted octanol–water partition coefficient (Wildman–Crippen LogP) is 3.15. The molecule has 0 amide bonds. The van der Waals surface area contributed by atoms with Gasteiger partial charge in [0.25, 0.3) is 0 Å². The number of nitriles is 1. The number of rotatable bonds is 2. The van der Waals surface area contributed by atoms with E-state index in [1.807, 2.05) is 30.3 Å². The van der Waals surface area contributed by atoms with Crippen molar-refractivity contribution in [2.45, 2.75) is 0 Å². The van der Waals surface area contributed by atoms with Crippen LogP contribution < -0.4 is 0 Å². The lowest BCUT2D eigenvalue weighted by atomic mass is 10.0. The number of H-pyrrole nitrogens is 1. The van der Waals surface area contributed by atoms with Crippen LogP contribution in [-0.4, -0.2) is 15.4 Å². The highest BCUT2D eigenvalue weighted by molar-refractivity contribution is 5.69. The van der Waals surface area contributed by atoms with Gasteiger partial charge in [-0.25, -0.2) is 4.39 Å². The summed E-state index contributed by atoms with van der Waals surface area (Å²) in [6, 6.07) is 13.9. The lowest BCUT2D eigenvalue weighted by Crippen LogP contribution is -1.86. The summed E-state index contributed by atoms with van der Waals surface area (Å²) in [4.78, 5) is 0. The molecular formula is C15H9FN4. The van der Waals surface area contributed by atoms with Crippen molar-refractivity contribution in [1.29, 1.82) is 5.26 Å². The van der Waals surface area contributed by atoms with Crippen LogP contribution in [0.1, 0.15) is 5.56 Å². The molecule has 1 heterocycles. The van der Waals surface area contributed by atoms with Crippen molar-refractivity contribution in [1.82, 2.24) is 15.4 Å². The zero-order chi connectivity index (χ0) is 13.9. The van der Waals surface area contributed by atoms with Gasteiger partial charge in [0.05, 0.1) is 11.8 Å². The molecule has 20 heavy (non-hydrogen) atoms. The highest BCUT2D eigenvalue weighted by Gasteiger charge is 2.06. The second-order valence-electron chi connectivity index (χ2n) is 4.24. The van der Waals surface area contributed by atoms with E-state index in [9.17, 15) is 4.39 Å². The van der Waals surface area contributed by atoms with E-state index < -0.39 is 5.82 Å². The Labute approximate surface area is 114 Å². The van der Waals surface area contributed by atoms with Gasteiger partial charge in [0.1, 0.15) is 17.6 Å². The molecule has 3 aromatic rings. The van der Waals surface area contributed by atoms with Crippen LogP contribution >= 0.6 is 0 Å². The second kappa shape index (κ2) is 4.94. The molecule has 5 heteroatoms. The Morgan fingerprint density at radius 2 is 1.70 bits per heavy atom. The molecule has 0 fully saturated rings. The molecule has 1 N–H and O–H groups in total. The minimum absolute atomic E-state index is 0.0490. The lowest BCUT2D eigenvalue weighted by Gasteiger charge is -2.04. The smallest absolute Gasteiger partial charge is 0.141 e. The first kappa shape index (κ1) is 12.1. The molecule has 3 rings (SSSR count). The zero-order valence-electron chi connectivity index (χ0n) is 10.3. The van der Waals surface area contributed by atoms with E-state index in [0.29, 0.717) is 0 Å². The van der Waals surface area contributed by atoms with Crippen LogP contribution in [0, 0.1) is 17.1 Å². The molecule has 0 spiro atoms. The number of aromatic nitrogens is 3. The van der Waals surface area contributed by atoms with Crippen molar-refractivity contribution in [2.24, 2.45) is 0 Å². The molecule has 0 saturated heterocycles. The Morgan fingerprint density at radius 3 is 2.30 bits per heavy atom. The van der Waals surface area contributed by atoms with Crippen LogP contribution in [0.3, 0.4) is 0 Å². The summed E-state index contributed by atoms with van der Waals surface area (Å²) in [6.45, 7) is 0. The number of halogens is 1. The molecule has 0 aliphatic carbocycles. The maximum Gasteiger partial charge on any atom is 0.141 e. The third-order valence-corrected chi connectivity index (χ3v) is 3.02. The number of hydrogen-bond acceptors (Lipinski definition) is 3. The Morgan fingerprint density at radius 1 is 1.00 bits per heavy atom. The molecule has 0 aliphatic rings. The van der Waals surface area contributed by atoms with Gasteiger partial charge in [0.15, 0.2) is 0 Å². The predicted molar refractivity (Wildman–Crippen MR) is 71.9 cm³/mol. The zero-order valence-corrected chi connectivity index (χ0v) is 10.3. The maximum atomic E-state index is 13.6. The van der Waals surface area contributed by atoms with Gasteiger partial charge in [-0.3, -0.25) is 0 Å². The van der Waals surface area contributed by atoms with Gasteiger partial charge < -0.3 is 0 Å². The number of aromatic amines is 1. The van der Waals surface area contributed by atoms with E-state index in [4.69, 9.17) is 5.26 Å². The first-order valence-corrected chi connectivity index (χ1v) is 5.94. The summed E-state index contributed by atoms with van der Waals surface area (Å²) >= 11 is 0. The van der Waals surface area contributed by atoms with E-state index in [1.54, 1.807) is 12.3 Å². The largest absolute Gasteiger partial charge is 0.206 e. The van der Waals surface area contributed by atoms with Gasteiger partial charge >= 0.3 is 0 Å². The third-order valence-electron chi connectivity index (χ3n) is 3.02. The first-order chi connectivity index (χ1) is 9.78. The van der Waals surface area contributed by atoms with Crippen molar-refractivity contribution in [3.8, 4) is 28.5 Å². The van der Waals surface area contributed by atoms with Crippen molar-refractivity contribution in [3.63, 3.8) is 0 Å². The Bertz CT molecular complexity index is 771. The van der Waals surface area contributed by atoms with E-state index in [1.165, 1.54) is 12.1 Å². The van der Waals surface area contributed by atoms with E-state index in [0.717, 1.165) is 22.4 Å². The fraction of sp³-hybridized carbons (Fsp3) is 0. The topological polar surface area (TPSA) is 65.4 Å². The molecule has 2 aromatic carbocycles. The van der Waals surface area contributed by atoms with Gasteiger partial charge in [0.2, 0.25) is 0 Å². The van der Waals surface area contributed by atoms with Crippen LogP contribution in [0.5, 0.6) is 0 Å². The Hall–Kier alpha value is -3.00. The molecule has 0 radical (unpaired) electrons. The van der Waals surface area contributed by atoms with E-state index in [-0.39, 0.29) is 5.56 Å². The van der Waals surface area contributed by atoms with Crippen molar-refractivity contribution in [2.75, 3.05) is 0 Å². The number of nitrogens with zero attached hydrogens (tertiary/aromatic N) is 3. The first-order valence-electron chi connectivity index (χ1n) is 5.94. The van der Waals surface area contributed by atoms with E-state index in [2.05, 4.69) is 15.4 Å². The van der Waals surface area contributed by atoms with Gasteiger partial charge in [0, 0.05) is 5.56 Å². The van der Waals surface area contributed by atoms with Crippen LogP contribution in [0.15, 0.2) is 48.7 Å². The molecular weight excluding hydrogens is 255 g/mol.